The maximum absolute atomic E-state index is 12.1. The zero-order chi connectivity index (χ0) is 19.6. The number of rotatable bonds is 10. The monoisotopic (exact) mass is 416 g/mol. The molecule has 3 aromatic carbocycles. The van der Waals surface area contributed by atoms with E-state index in [0.29, 0.717) is 0 Å². The quantitative estimate of drug-likeness (QED) is 0.367. The van der Waals surface area contributed by atoms with Crippen molar-refractivity contribution in [2.24, 2.45) is 0 Å². The van der Waals surface area contributed by atoms with Gasteiger partial charge in [-0.3, -0.25) is 0 Å². The second-order valence-electron chi connectivity index (χ2n) is 5.59. The molecule has 0 spiro atoms. The Morgan fingerprint density at radius 1 is 0.536 bits per heavy atom. The molecule has 3 aromatic rings. The zero-order valence-corrected chi connectivity index (χ0v) is 16.6. The van der Waals surface area contributed by atoms with E-state index in [-0.39, 0.29) is 24.7 Å². The normalized spacial score (nSPS) is 11.6. The molecule has 0 aliphatic carbocycles. The molecule has 0 aromatic heterocycles. The molecule has 0 N–H and O–H groups in total. The third kappa shape index (κ3) is 6.52. The number of hydrogen-bond acceptors (Lipinski definition) is 6. The van der Waals surface area contributed by atoms with Gasteiger partial charge in [0.05, 0.1) is 0 Å². The zero-order valence-electron chi connectivity index (χ0n) is 14.8. The van der Waals surface area contributed by atoms with E-state index in [4.69, 9.17) is 18.1 Å². The summed E-state index contributed by atoms with van der Waals surface area (Å²) in [6.07, 6.45) is 0. The van der Waals surface area contributed by atoms with E-state index < -0.39 is 16.5 Å². The molecule has 0 saturated carbocycles. The van der Waals surface area contributed by atoms with E-state index in [9.17, 15) is 9.13 Å². The van der Waals surface area contributed by atoms with Crippen LogP contribution in [0.4, 0.5) is 0 Å². The Kier molecular flexibility index (Phi) is 7.65. The summed E-state index contributed by atoms with van der Waals surface area (Å²) in [4.78, 5) is 0. The minimum absolute atomic E-state index is 0.146. The summed E-state index contributed by atoms with van der Waals surface area (Å²) in [6.45, 7) is 0.293. The highest BCUT2D eigenvalue weighted by Gasteiger charge is 2.30. The van der Waals surface area contributed by atoms with Gasteiger partial charge >= 0.3 is 16.5 Å². The van der Waals surface area contributed by atoms with Crippen molar-refractivity contribution in [3.63, 3.8) is 0 Å². The predicted molar refractivity (Wildman–Crippen MR) is 105 cm³/mol. The highest BCUT2D eigenvalue weighted by atomic mass is 31.1. The van der Waals surface area contributed by atoms with Gasteiger partial charge in [-0.05, 0) is 23.3 Å². The Balaban J connectivity index is 1.53. The van der Waals surface area contributed by atoms with E-state index in [2.05, 4.69) is 0 Å². The Morgan fingerprint density at radius 2 is 0.893 bits per heavy atom. The van der Waals surface area contributed by atoms with Gasteiger partial charge in [0.25, 0.3) is 0 Å². The molecule has 28 heavy (non-hydrogen) atoms. The highest BCUT2D eigenvalue weighted by Crippen LogP contribution is 2.40. The lowest BCUT2D eigenvalue weighted by Gasteiger charge is -1.98. The largest absolute Gasteiger partial charge is 0.750 e. The summed E-state index contributed by atoms with van der Waals surface area (Å²) in [6, 6.07) is 25.1. The lowest BCUT2D eigenvalue weighted by Crippen LogP contribution is -1.93. The number of hydrogen-bond donors (Lipinski definition) is 0. The molecule has 6 nitrogen and oxygen atoms in total. The van der Waals surface area contributed by atoms with Crippen LogP contribution >= 0.6 is 16.5 Å². The molecule has 0 bridgehead atoms. The average molecular weight is 416 g/mol. The third-order valence-electron chi connectivity index (χ3n) is 3.55. The summed E-state index contributed by atoms with van der Waals surface area (Å²) < 4.78 is 45.2. The molecule has 0 aliphatic rings. The molecule has 3 rings (SSSR count). The van der Waals surface area contributed by atoms with Crippen LogP contribution in [0.3, 0.4) is 0 Å². The van der Waals surface area contributed by atoms with E-state index in [1.807, 2.05) is 60.7 Å². The second-order valence-corrected chi connectivity index (χ2v) is 7.37. The van der Waals surface area contributed by atoms with Crippen molar-refractivity contribution in [1.82, 2.24) is 0 Å². The molecular weight excluding hydrogens is 398 g/mol. The van der Waals surface area contributed by atoms with Crippen LogP contribution in [0.1, 0.15) is 11.1 Å². The van der Waals surface area contributed by atoms with Gasteiger partial charge in [-0.1, -0.05) is 72.8 Å². The molecule has 0 aliphatic heterocycles. The molecule has 142 valence electrons. The topological polar surface area (TPSA) is 71.1 Å². The molecule has 2 unspecified atom stereocenters. The van der Waals surface area contributed by atoms with E-state index in [1.165, 1.54) is 0 Å². The van der Waals surface area contributed by atoms with Crippen LogP contribution in [0.25, 0.3) is 0 Å². The minimum Gasteiger partial charge on any atom is -0.225 e. The smallest absolute Gasteiger partial charge is 0.225 e. The van der Waals surface area contributed by atoms with Gasteiger partial charge in [-0.25, -0.2) is 9.05 Å². The van der Waals surface area contributed by atoms with Crippen LogP contribution in [0.2, 0.25) is 0 Å². The Bertz CT molecular complexity index is 842. The van der Waals surface area contributed by atoms with Crippen molar-refractivity contribution in [2.75, 3.05) is 0 Å². The van der Waals surface area contributed by atoms with E-state index >= 15 is 0 Å². The first kappa shape index (κ1) is 20.1. The summed E-state index contributed by atoms with van der Waals surface area (Å²) in [7, 11) is -4.86. The van der Waals surface area contributed by atoms with Gasteiger partial charge in [0.1, 0.15) is 13.2 Å². The predicted octanol–water partition coefficient (Wildman–Crippen LogP) is 6.19. The molecule has 8 heteroatoms. The Hall–Kier alpha value is -2.62. The standard InChI is InChI=1S/C20H18O6P2/c21-27(23-15-17-9-3-1-4-10-17)25-19-13-7-8-14-20(19)26-28(22)24-16-18-11-5-2-6-12-18/h1-14H,15-16H2/q+2. The summed E-state index contributed by atoms with van der Waals surface area (Å²) >= 11 is 0. The summed E-state index contributed by atoms with van der Waals surface area (Å²) in [5.74, 6) is 0.312. The first-order chi connectivity index (χ1) is 13.7. The van der Waals surface area contributed by atoms with Crippen molar-refractivity contribution in [3.8, 4) is 11.5 Å². The van der Waals surface area contributed by atoms with Gasteiger partial charge in [0.2, 0.25) is 11.5 Å². The van der Waals surface area contributed by atoms with Gasteiger partial charge in [0.15, 0.2) is 0 Å². The van der Waals surface area contributed by atoms with Gasteiger partial charge < -0.3 is 0 Å². The van der Waals surface area contributed by atoms with Gasteiger partial charge in [-0.2, -0.15) is 0 Å². The minimum atomic E-state index is -2.43. The van der Waals surface area contributed by atoms with E-state index in [1.54, 1.807) is 24.3 Å². The lowest BCUT2D eigenvalue weighted by molar-refractivity contribution is 0.266. The van der Waals surface area contributed by atoms with Crippen LogP contribution in [0, 0.1) is 0 Å². The molecule has 0 heterocycles. The third-order valence-corrected chi connectivity index (χ3v) is 4.93. The Labute approximate surface area is 164 Å². The van der Waals surface area contributed by atoms with Crippen molar-refractivity contribution in [1.29, 1.82) is 0 Å². The Morgan fingerprint density at radius 3 is 1.29 bits per heavy atom. The molecule has 0 amide bonds. The fourth-order valence-electron chi connectivity index (χ4n) is 2.22. The SMILES string of the molecule is O=[P+](OCc1ccccc1)Oc1ccccc1O[P+](=O)OCc1ccccc1. The van der Waals surface area contributed by atoms with E-state index in [0.717, 1.165) is 11.1 Å². The van der Waals surface area contributed by atoms with Gasteiger partial charge in [-0.15, -0.1) is 9.05 Å². The number of para-hydroxylation sites is 2. The van der Waals surface area contributed by atoms with Crippen molar-refractivity contribution < 1.29 is 27.2 Å². The molecule has 0 fully saturated rings. The van der Waals surface area contributed by atoms with Crippen LogP contribution in [0.5, 0.6) is 11.5 Å². The lowest BCUT2D eigenvalue weighted by atomic mass is 10.2. The maximum Gasteiger partial charge on any atom is 0.750 e. The first-order valence-corrected chi connectivity index (χ1v) is 10.6. The maximum atomic E-state index is 12.1. The fraction of sp³-hybridized carbons (Fsp3) is 0.100. The number of benzene rings is 3. The highest BCUT2D eigenvalue weighted by molar-refractivity contribution is 7.34. The van der Waals surface area contributed by atoms with Crippen LogP contribution < -0.4 is 9.05 Å². The summed E-state index contributed by atoms with van der Waals surface area (Å²) in [5.41, 5.74) is 1.74. The van der Waals surface area contributed by atoms with Crippen LogP contribution in [-0.2, 0) is 31.4 Å². The van der Waals surface area contributed by atoms with Crippen molar-refractivity contribution in [3.05, 3.63) is 96.1 Å². The molecule has 0 radical (unpaired) electrons. The van der Waals surface area contributed by atoms with Crippen LogP contribution in [0.15, 0.2) is 84.9 Å². The van der Waals surface area contributed by atoms with Crippen molar-refractivity contribution in [2.45, 2.75) is 13.2 Å². The van der Waals surface area contributed by atoms with Crippen molar-refractivity contribution >= 4 is 16.5 Å². The molecular formula is C20H18O6P2+2. The van der Waals surface area contributed by atoms with Gasteiger partial charge in [0, 0.05) is 9.13 Å². The summed E-state index contributed by atoms with van der Waals surface area (Å²) in [5, 5.41) is 0. The average Bonchev–Trinajstić information content (AvgIpc) is 2.74. The molecule has 0 saturated heterocycles. The first-order valence-electron chi connectivity index (χ1n) is 8.44. The molecule has 2 atom stereocenters. The second kappa shape index (κ2) is 10.6. The fourth-order valence-corrected chi connectivity index (χ4v) is 3.45. The van der Waals surface area contributed by atoms with Crippen LogP contribution in [-0.4, -0.2) is 0 Å².